The Bertz CT molecular complexity index is 956. The quantitative estimate of drug-likeness (QED) is 0.534. The second-order valence-electron chi connectivity index (χ2n) is 6.79. The number of hydrogen-bond donors (Lipinski definition) is 0. The van der Waals surface area contributed by atoms with Crippen molar-refractivity contribution in [2.45, 2.75) is 40.0 Å². The maximum absolute atomic E-state index is 5.88. The first-order chi connectivity index (χ1) is 12.2. The predicted molar refractivity (Wildman–Crippen MR) is 106 cm³/mol. The molecule has 0 fully saturated rings. The molecule has 0 atom stereocenters. The molecule has 1 heterocycles. The summed E-state index contributed by atoms with van der Waals surface area (Å²) < 4.78 is 5.88. The molecule has 4 rings (SSSR count). The minimum Gasteiger partial charge on any atom is -0.462 e. The van der Waals surface area contributed by atoms with Crippen molar-refractivity contribution in [3.05, 3.63) is 82.3 Å². The number of aryl methyl sites for hydroxylation is 3. The lowest BCUT2D eigenvalue weighted by atomic mass is 9.88. The summed E-state index contributed by atoms with van der Waals surface area (Å²) in [5.74, 6) is 1.97. The highest BCUT2D eigenvalue weighted by atomic mass is 16.3. The number of fused-ring (bicyclic) bond motifs is 1. The Labute approximate surface area is 150 Å². The Hall–Kier alpha value is -2.54. The Balaban J connectivity index is 1.91. The number of benzene rings is 2. The molecule has 0 unspecified atom stereocenters. The molecule has 126 valence electrons. The zero-order chi connectivity index (χ0) is 17.4. The highest BCUT2D eigenvalue weighted by Gasteiger charge is 2.22. The summed E-state index contributed by atoms with van der Waals surface area (Å²) in [6, 6.07) is 17.6. The minimum absolute atomic E-state index is 0.952. The average molecular weight is 328 g/mol. The summed E-state index contributed by atoms with van der Waals surface area (Å²) in [4.78, 5) is 0. The first-order valence-electron chi connectivity index (χ1n) is 9.21. The second kappa shape index (κ2) is 6.40. The van der Waals surface area contributed by atoms with Gasteiger partial charge in [-0.3, -0.25) is 0 Å². The van der Waals surface area contributed by atoms with Crippen LogP contribution in [0.4, 0.5) is 0 Å². The smallest absolute Gasteiger partial charge is 0.130 e. The number of furan rings is 1. The molecular formula is C24H24O. The second-order valence-corrected chi connectivity index (χ2v) is 6.79. The lowest BCUT2D eigenvalue weighted by molar-refractivity contribution is 0.521. The molecule has 0 spiro atoms. The fourth-order valence-corrected chi connectivity index (χ4v) is 3.91. The topological polar surface area (TPSA) is 13.1 Å². The van der Waals surface area contributed by atoms with Crippen LogP contribution >= 0.6 is 0 Å². The van der Waals surface area contributed by atoms with Gasteiger partial charge in [0.25, 0.3) is 0 Å². The monoisotopic (exact) mass is 328 g/mol. The summed E-state index contributed by atoms with van der Waals surface area (Å²) in [6.07, 6.45) is 5.39. The van der Waals surface area contributed by atoms with Gasteiger partial charge in [0.05, 0.1) is 0 Å². The largest absolute Gasteiger partial charge is 0.462 e. The van der Waals surface area contributed by atoms with Gasteiger partial charge >= 0.3 is 0 Å². The minimum atomic E-state index is 0.952. The number of rotatable bonds is 4. The summed E-state index contributed by atoms with van der Waals surface area (Å²) in [7, 11) is 0. The van der Waals surface area contributed by atoms with E-state index in [0.717, 1.165) is 30.8 Å². The van der Waals surface area contributed by atoms with Crippen LogP contribution in [0.2, 0.25) is 0 Å². The van der Waals surface area contributed by atoms with Crippen LogP contribution in [-0.4, -0.2) is 0 Å². The Kier molecular flexibility index (Phi) is 4.09. The fraction of sp³-hybridized carbons (Fsp3) is 0.250. The lowest BCUT2D eigenvalue weighted by Crippen LogP contribution is -1.97. The molecule has 1 aromatic heterocycles. The third-order valence-electron chi connectivity index (χ3n) is 5.23. The van der Waals surface area contributed by atoms with Crippen molar-refractivity contribution < 1.29 is 4.42 Å². The van der Waals surface area contributed by atoms with E-state index in [0.29, 0.717) is 0 Å². The molecule has 0 N–H and O–H groups in total. The Morgan fingerprint density at radius 1 is 0.880 bits per heavy atom. The molecule has 25 heavy (non-hydrogen) atoms. The van der Waals surface area contributed by atoms with Crippen LogP contribution < -0.4 is 0 Å². The van der Waals surface area contributed by atoms with E-state index in [1.165, 1.54) is 39.0 Å². The van der Waals surface area contributed by atoms with E-state index >= 15 is 0 Å². The standard InChI is InChI=1S/C24H24O/c1-4-17-8-6-7-9-21(17)24-18(5-2)11-12-19-14-20(15-22(19)24)23-13-10-16(3)25-23/h6-13,15H,4-5,14H2,1-3H3. The summed E-state index contributed by atoms with van der Waals surface area (Å²) >= 11 is 0. The molecule has 1 aliphatic rings. The third kappa shape index (κ3) is 2.74. The van der Waals surface area contributed by atoms with Gasteiger partial charge in [0.15, 0.2) is 0 Å². The summed E-state index contributed by atoms with van der Waals surface area (Å²) in [5.41, 5.74) is 9.70. The van der Waals surface area contributed by atoms with Gasteiger partial charge in [-0.05, 0) is 76.9 Å². The van der Waals surface area contributed by atoms with E-state index in [2.05, 4.69) is 62.4 Å². The average Bonchev–Trinajstić information content (AvgIpc) is 3.26. The van der Waals surface area contributed by atoms with Crippen LogP contribution in [0.15, 0.2) is 52.9 Å². The third-order valence-corrected chi connectivity index (χ3v) is 5.23. The van der Waals surface area contributed by atoms with Crippen molar-refractivity contribution in [3.8, 4) is 11.1 Å². The van der Waals surface area contributed by atoms with Crippen molar-refractivity contribution in [1.29, 1.82) is 0 Å². The van der Waals surface area contributed by atoms with Crippen LogP contribution in [0.25, 0.3) is 22.8 Å². The van der Waals surface area contributed by atoms with Crippen LogP contribution in [-0.2, 0) is 19.3 Å². The molecule has 0 aliphatic heterocycles. The first-order valence-corrected chi connectivity index (χ1v) is 9.21. The molecule has 1 nitrogen and oxygen atoms in total. The van der Waals surface area contributed by atoms with Crippen LogP contribution in [0.3, 0.4) is 0 Å². The molecule has 0 radical (unpaired) electrons. The van der Waals surface area contributed by atoms with Crippen molar-refractivity contribution in [3.63, 3.8) is 0 Å². The van der Waals surface area contributed by atoms with Crippen LogP contribution in [0.1, 0.15) is 47.6 Å². The Morgan fingerprint density at radius 3 is 2.40 bits per heavy atom. The van der Waals surface area contributed by atoms with E-state index in [1.807, 2.05) is 13.0 Å². The van der Waals surface area contributed by atoms with Gasteiger partial charge < -0.3 is 4.42 Å². The molecule has 1 heteroatoms. The van der Waals surface area contributed by atoms with Crippen molar-refractivity contribution in [1.82, 2.24) is 0 Å². The predicted octanol–water partition coefficient (Wildman–Crippen LogP) is 6.48. The number of allylic oxidation sites excluding steroid dienone is 1. The summed E-state index contributed by atoms with van der Waals surface area (Å²) in [5, 5.41) is 0. The zero-order valence-electron chi connectivity index (χ0n) is 15.2. The molecule has 0 bridgehead atoms. The normalized spacial score (nSPS) is 13.0. The van der Waals surface area contributed by atoms with Gasteiger partial charge in [0.2, 0.25) is 0 Å². The van der Waals surface area contributed by atoms with Crippen molar-refractivity contribution in [2.75, 3.05) is 0 Å². The van der Waals surface area contributed by atoms with Gasteiger partial charge in [-0.25, -0.2) is 0 Å². The molecular weight excluding hydrogens is 304 g/mol. The highest BCUT2D eigenvalue weighted by Crippen LogP contribution is 2.41. The maximum atomic E-state index is 5.88. The Morgan fingerprint density at radius 2 is 1.68 bits per heavy atom. The summed E-state index contributed by atoms with van der Waals surface area (Å²) in [6.45, 7) is 6.49. The van der Waals surface area contributed by atoms with Gasteiger partial charge in [-0.15, -0.1) is 0 Å². The van der Waals surface area contributed by atoms with E-state index in [4.69, 9.17) is 4.42 Å². The van der Waals surface area contributed by atoms with Gasteiger partial charge in [-0.1, -0.05) is 50.2 Å². The van der Waals surface area contributed by atoms with Gasteiger partial charge in [-0.2, -0.15) is 0 Å². The van der Waals surface area contributed by atoms with Crippen LogP contribution in [0, 0.1) is 6.92 Å². The van der Waals surface area contributed by atoms with E-state index in [1.54, 1.807) is 0 Å². The number of hydrogen-bond acceptors (Lipinski definition) is 1. The molecule has 3 aromatic rings. The highest BCUT2D eigenvalue weighted by molar-refractivity contribution is 5.94. The van der Waals surface area contributed by atoms with Crippen molar-refractivity contribution >= 4 is 11.6 Å². The molecule has 0 amide bonds. The van der Waals surface area contributed by atoms with E-state index < -0.39 is 0 Å². The molecule has 0 saturated heterocycles. The zero-order valence-corrected chi connectivity index (χ0v) is 15.2. The van der Waals surface area contributed by atoms with Crippen molar-refractivity contribution in [2.24, 2.45) is 0 Å². The SMILES string of the molecule is CCc1ccccc1-c1c(CC)ccc2c1C=C(c1ccc(C)o1)C2. The molecule has 2 aromatic carbocycles. The lowest BCUT2D eigenvalue weighted by Gasteiger charge is -2.16. The molecule has 0 saturated carbocycles. The van der Waals surface area contributed by atoms with Gasteiger partial charge in [0, 0.05) is 6.42 Å². The fourth-order valence-electron chi connectivity index (χ4n) is 3.91. The van der Waals surface area contributed by atoms with E-state index in [9.17, 15) is 0 Å². The van der Waals surface area contributed by atoms with E-state index in [-0.39, 0.29) is 0 Å². The maximum Gasteiger partial charge on any atom is 0.130 e. The van der Waals surface area contributed by atoms with Gasteiger partial charge in [0.1, 0.15) is 11.5 Å². The van der Waals surface area contributed by atoms with Crippen LogP contribution in [0.5, 0.6) is 0 Å². The first kappa shape index (κ1) is 16.0. The molecule has 1 aliphatic carbocycles.